The van der Waals surface area contributed by atoms with Crippen LogP contribution >= 0.6 is 0 Å². The van der Waals surface area contributed by atoms with E-state index in [2.05, 4.69) is 10.6 Å². The maximum atomic E-state index is 11.3. The Bertz CT molecular complexity index is 249. The van der Waals surface area contributed by atoms with Gasteiger partial charge < -0.3 is 15.7 Å². The van der Waals surface area contributed by atoms with Crippen LogP contribution in [0.4, 0.5) is 4.79 Å². The van der Waals surface area contributed by atoms with Crippen molar-refractivity contribution in [1.29, 1.82) is 0 Å². The molecule has 0 radical (unpaired) electrons. The number of unbranched alkanes of at least 4 members (excludes halogenated alkanes) is 1. The van der Waals surface area contributed by atoms with Crippen LogP contribution in [-0.2, 0) is 4.79 Å². The summed E-state index contributed by atoms with van der Waals surface area (Å²) in [5.41, 5.74) is -1.00. The Kier molecular flexibility index (Phi) is 3.94. The molecule has 15 heavy (non-hydrogen) atoms. The number of carbonyl (C=O) groups excluding carboxylic acids is 1. The Labute approximate surface area is 89.2 Å². The second-order valence-corrected chi connectivity index (χ2v) is 3.98. The quantitative estimate of drug-likeness (QED) is 0.599. The average molecular weight is 214 g/mol. The van der Waals surface area contributed by atoms with E-state index in [1.807, 2.05) is 6.92 Å². The van der Waals surface area contributed by atoms with Crippen molar-refractivity contribution in [1.82, 2.24) is 10.6 Å². The van der Waals surface area contributed by atoms with Gasteiger partial charge in [-0.15, -0.1) is 0 Å². The van der Waals surface area contributed by atoms with Crippen LogP contribution in [0.2, 0.25) is 0 Å². The third kappa shape index (κ3) is 2.84. The molecule has 0 aromatic carbocycles. The number of amides is 2. The maximum absolute atomic E-state index is 11.3. The highest BCUT2D eigenvalue weighted by molar-refractivity contribution is 5.87. The minimum atomic E-state index is -1.00. The first kappa shape index (κ1) is 11.8. The SMILES string of the molecule is CCCCNC(=O)NC1(C(=O)O)CCC1. The summed E-state index contributed by atoms with van der Waals surface area (Å²) in [6.07, 6.45) is 3.84. The highest BCUT2D eigenvalue weighted by Crippen LogP contribution is 2.31. The van der Waals surface area contributed by atoms with Crippen molar-refractivity contribution in [3.63, 3.8) is 0 Å². The molecule has 2 amide bonds. The molecule has 0 bridgehead atoms. The average Bonchev–Trinajstić information content (AvgIpc) is 2.11. The highest BCUT2D eigenvalue weighted by Gasteiger charge is 2.45. The molecule has 1 saturated carbocycles. The minimum Gasteiger partial charge on any atom is -0.480 e. The van der Waals surface area contributed by atoms with Crippen LogP contribution in [0, 0.1) is 0 Å². The highest BCUT2D eigenvalue weighted by atomic mass is 16.4. The molecule has 0 unspecified atom stereocenters. The Balaban J connectivity index is 2.32. The molecule has 0 spiro atoms. The van der Waals surface area contributed by atoms with E-state index in [4.69, 9.17) is 5.11 Å². The molecule has 1 fully saturated rings. The molecule has 1 aliphatic carbocycles. The van der Waals surface area contributed by atoms with Crippen molar-refractivity contribution in [2.75, 3.05) is 6.54 Å². The van der Waals surface area contributed by atoms with Crippen molar-refractivity contribution in [3.8, 4) is 0 Å². The maximum Gasteiger partial charge on any atom is 0.329 e. The Morgan fingerprint density at radius 3 is 2.47 bits per heavy atom. The van der Waals surface area contributed by atoms with Gasteiger partial charge in [0.25, 0.3) is 0 Å². The molecular weight excluding hydrogens is 196 g/mol. The van der Waals surface area contributed by atoms with Crippen molar-refractivity contribution in [2.45, 2.75) is 44.6 Å². The molecule has 5 nitrogen and oxygen atoms in total. The van der Waals surface area contributed by atoms with Crippen LogP contribution in [0.3, 0.4) is 0 Å². The normalized spacial score (nSPS) is 17.7. The van der Waals surface area contributed by atoms with Gasteiger partial charge in [-0.2, -0.15) is 0 Å². The van der Waals surface area contributed by atoms with Gasteiger partial charge in [0.1, 0.15) is 5.54 Å². The number of nitrogens with one attached hydrogen (secondary N) is 2. The molecule has 0 heterocycles. The fourth-order valence-corrected chi connectivity index (χ4v) is 1.56. The summed E-state index contributed by atoms with van der Waals surface area (Å²) in [7, 11) is 0. The van der Waals surface area contributed by atoms with E-state index in [-0.39, 0.29) is 6.03 Å². The summed E-state index contributed by atoms with van der Waals surface area (Å²) in [6.45, 7) is 2.63. The monoisotopic (exact) mass is 214 g/mol. The van der Waals surface area contributed by atoms with Gasteiger partial charge in [-0.05, 0) is 25.7 Å². The van der Waals surface area contributed by atoms with Gasteiger partial charge in [0.2, 0.25) is 0 Å². The van der Waals surface area contributed by atoms with Gasteiger partial charge in [0.05, 0.1) is 0 Å². The number of hydrogen-bond donors (Lipinski definition) is 3. The molecule has 0 aromatic heterocycles. The number of hydrogen-bond acceptors (Lipinski definition) is 2. The largest absolute Gasteiger partial charge is 0.480 e. The number of carboxylic acid groups (broad SMARTS) is 1. The second-order valence-electron chi connectivity index (χ2n) is 3.98. The Morgan fingerprint density at radius 2 is 2.07 bits per heavy atom. The smallest absolute Gasteiger partial charge is 0.329 e. The molecule has 1 aliphatic rings. The first-order chi connectivity index (χ1) is 7.10. The van der Waals surface area contributed by atoms with Gasteiger partial charge in [0, 0.05) is 6.54 Å². The third-order valence-electron chi connectivity index (χ3n) is 2.79. The van der Waals surface area contributed by atoms with Crippen LogP contribution in [-0.4, -0.2) is 29.2 Å². The van der Waals surface area contributed by atoms with Crippen molar-refractivity contribution in [2.24, 2.45) is 0 Å². The molecule has 0 saturated heterocycles. The first-order valence-electron chi connectivity index (χ1n) is 5.40. The molecule has 1 rings (SSSR count). The summed E-state index contributed by atoms with van der Waals surface area (Å²) in [5, 5.41) is 14.1. The molecule has 86 valence electrons. The fourth-order valence-electron chi connectivity index (χ4n) is 1.56. The third-order valence-corrected chi connectivity index (χ3v) is 2.79. The van der Waals surface area contributed by atoms with Crippen LogP contribution in [0.25, 0.3) is 0 Å². The summed E-state index contributed by atoms with van der Waals surface area (Å²) in [5.74, 6) is -0.931. The van der Waals surface area contributed by atoms with E-state index in [0.717, 1.165) is 19.3 Å². The van der Waals surface area contributed by atoms with Crippen LogP contribution in [0.15, 0.2) is 0 Å². The Hall–Kier alpha value is -1.26. The second kappa shape index (κ2) is 5.00. The lowest BCUT2D eigenvalue weighted by molar-refractivity contribution is -0.148. The van der Waals surface area contributed by atoms with Gasteiger partial charge in [-0.1, -0.05) is 13.3 Å². The molecular formula is C10H18N2O3. The van der Waals surface area contributed by atoms with Crippen LogP contribution in [0.5, 0.6) is 0 Å². The van der Waals surface area contributed by atoms with Crippen molar-refractivity contribution >= 4 is 12.0 Å². The van der Waals surface area contributed by atoms with E-state index in [1.165, 1.54) is 0 Å². The number of rotatable bonds is 5. The lowest BCUT2D eigenvalue weighted by Gasteiger charge is -2.38. The van der Waals surface area contributed by atoms with E-state index >= 15 is 0 Å². The number of urea groups is 1. The first-order valence-corrected chi connectivity index (χ1v) is 5.40. The molecule has 3 N–H and O–H groups in total. The standard InChI is InChI=1S/C10H18N2O3/c1-2-3-7-11-9(15)12-10(8(13)14)5-4-6-10/h2-7H2,1H3,(H,13,14)(H2,11,12,15). The number of carbonyl (C=O) groups is 2. The summed E-state index contributed by atoms with van der Waals surface area (Å²) < 4.78 is 0. The van der Waals surface area contributed by atoms with E-state index in [9.17, 15) is 9.59 Å². The lowest BCUT2D eigenvalue weighted by Crippen LogP contribution is -2.61. The fraction of sp³-hybridized carbons (Fsp3) is 0.800. The summed E-state index contributed by atoms with van der Waals surface area (Å²) in [4.78, 5) is 22.3. The minimum absolute atomic E-state index is 0.370. The number of aliphatic carboxylic acids is 1. The van der Waals surface area contributed by atoms with E-state index in [1.54, 1.807) is 0 Å². The molecule has 5 heteroatoms. The summed E-state index contributed by atoms with van der Waals surface area (Å²) in [6, 6.07) is -0.370. The topological polar surface area (TPSA) is 78.4 Å². The van der Waals surface area contributed by atoms with E-state index in [0.29, 0.717) is 19.4 Å². The van der Waals surface area contributed by atoms with Gasteiger partial charge in [-0.25, -0.2) is 9.59 Å². The predicted octanol–water partition coefficient (Wildman–Crippen LogP) is 1.09. The lowest BCUT2D eigenvalue weighted by atomic mass is 9.77. The van der Waals surface area contributed by atoms with E-state index < -0.39 is 11.5 Å². The van der Waals surface area contributed by atoms with Crippen LogP contribution in [0.1, 0.15) is 39.0 Å². The molecule has 0 atom stereocenters. The summed E-state index contributed by atoms with van der Waals surface area (Å²) >= 11 is 0. The number of carboxylic acids is 1. The van der Waals surface area contributed by atoms with Crippen LogP contribution < -0.4 is 10.6 Å². The Morgan fingerprint density at radius 1 is 1.40 bits per heavy atom. The van der Waals surface area contributed by atoms with Crippen molar-refractivity contribution in [3.05, 3.63) is 0 Å². The zero-order chi connectivity index (χ0) is 11.3. The zero-order valence-electron chi connectivity index (χ0n) is 9.01. The van der Waals surface area contributed by atoms with Gasteiger partial charge in [0.15, 0.2) is 0 Å². The van der Waals surface area contributed by atoms with Crippen molar-refractivity contribution < 1.29 is 14.7 Å². The van der Waals surface area contributed by atoms with Gasteiger partial charge >= 0.3 is 12.0 Å². The van der Waals surface area contributed by atoms with Gasteiger partial charge in [-0.3, -0.25) is 0 Å². The predicted molar refractivity (Wildman–Crippen MR) is 55.7 cm³/mol. The molecule has 0 aromatic rings. The molecule has 0 aliphatic heterocycles. The zero-order valence-corrected chi connectivity index (χ0v) is 9.01.